The first-order chi connectivity index (χ1) is 12.3. The van der Waals surface area contributed by atoms with Crippen molar-refractivity contribution in [3.8, 4) is 0 Å². The molecule has 0 radical (unpaired) electrons. The minimum absolute atomic E-state index is 0.0451. The van der Waals surface area contributed by atoms with Gasteiger partial charge in [-0.3, -0.25) is 9.59 Å². The Hall–Kier alpha value is -3.69. The number of aromatic nitrogens is 4. The summed E-state index contributed by atoms with van der Waals surface area (Å²) in [6, 6.07) is 6.97. The highest BCUT2D eigenvalue weighted by Crippen LogP contribution is 2.23. The zero-order valence-corrected chi connectivity index (χ0v) is 14.2. The highest BCUT2D eigenvalue weighted by Gasteiger charge is 2.17. The highest BCUT2D eigenvalue weighted by atomic mass is 16.1. The van der Waals surface area contributed by atoms with Crippen molar-refractivity contribution in [3.63, 3.8) is 0 Å². The number of nitrogens with one attached hydrogen (secondary N) is 2. The van der Waals surface area contributed by atoms with Gasteiger partial charge in [-0.25, -0.2) is 0 Å². The number of hydrogen-bond donors (Lipinski definition) is 4. The molecule has 2 heterocycles. The van der Waals surface area contributed by atoms with E-state index in [-0.39, 0.29) is 17.5 Å². The lowest BCUT2D eigenvalue weighted by Gasteiger charge is -2.13. The number of amides is 2. The van der Waals surface area contributed by atoms with Crippen LogP contribution in [0.3, 0.4) is 0 Å². The molecule has 0 spiro atoms. The summed E-state index contributed by atoms with van der Waals surface area (Å²) in [7, 11) is 1.93. The van der Waals surface area contributed by atoms with Gasteiger partial charge in [-0.05, 0) is 30.5 Å². The van der Waals surface area contributed by atoms with E-state index in [1.165, 1.54) is 0 Å². The molecule has 0 saturated carbocycles. The van der Waals surface area contributed by atoms with Crippen molar-refractivity contribution >= 4 is 40.2 Å². The zero-order valence-electron chi connectivity index (χ0n) is 14.2. The smallest absolute Gasteiger partial charge is 0.273 e. The first-order valence-corrected chi connectivity index (χ1v) is 7.77. The Morgan fingerprint density at radius 3 is 2.65 bits per heavy atom. The molecule has 0 fully saturated rings. The number of nitrogens with two attached hydrogens (primary N) is 2. The van der Waals surface area contributed by atoms with Crippen LogP contribution in [0.15, 0.2) is 30.5 Å². The summed E-state index contributed by atoms with van der Waals surface area (Å²) in [6.45, 7) is 1.56. The predicted molar refractivity (Wildman–Crippen MR) is 96.8 cm³/mol. The molecule has 1 atom stereocenters. The summed E-state index contributed by atoms with van der Waals surface area (Å²) in [5, 5.41) is 14.4. The van der Waals surface area contributed by atoms with E-state index < -0.39 is 17.9 Å². The van der Waals surface area contributed by atoms with Crippen LogP contribution < -0.4 is 22.1 Å². The van der Waals surface area contributed by atoms with Crippen molar-refractivity contribution in [2.75, 3.05) is 10.6 Å². The number of hydrogen-bond acceptors (Lipinski definition) is 7. The number of anilines is 3. The van der Waals surface area contributed by atoms with Gasteiger partial charge in [0.25, 0.3) is 5.91 Å². The third kappa shape index (κ3) is 3.38. The molecule has 3 rings (SSSR count). The summed E-state index contributed by atoms with van der Waals surface area (Å²) < 4.78 is 1.97. The Balaban J connectivity index is 1.96. The Labute approximate surface area is 148 Å². The first kappa shape index (κ1) is 17.1. The maximum Gasteiger partial charge on any atom is 0.273 e. The Kier molecular flexibility index (Phi) is 4.40. The van der Waals surface area contributed by atoms with Gasteiger partial charge in [0, 0.05) is 24.4 Å². The minimum Gasteiger partial charge on any atom is -0.368 e. The molecule has 0 aliphatic heterocycles. The highest BCUT2D eigenvalue weighted by molar-refractivity contribution is 5.96. The molecule has 6 N–H and O–H groups in total. The van der Waals surface area contributed by atoms with Crippen LogP contribution in [0.4, 0.5) is 17.5 Å². The second kappa shape index (κ2) is 6.67. The predicted octanol–water partition coefficient (Wildman–Crippen LogP) is 0.491. The second-order valence-electron chi connectivity index (χ2n) is 5.79. The van der Waals surface area contributed by atoms with Crippen LogP contribution in [-0.2, 0) is 11.8 Å². The van der Waals surface area contributed by atoms with Crippen LogP contribution >= 0.6 is 0 Å². The number of rotatable bonds is 6. The van der Waals surface area contributed by atoms with Gasteiger partial charge in [-0.1, -0.05) is 6.07 Å². The standard InChI is InChI=1S/C16H18N8O2/c1-8(13(17)25)19-16-21-15(12(14(18)26)22-23-16)20-10-4-3-9-5-6-24(2)11(9)7-10/h3-8H,1-2H3,(H2,17,25)(H2,18,26)(H2,19,20,21,23)/t8-/m1/s1. The lowest BCUT2D eigenvalue weighted by molar-refractivity contribution is -0.118. The number of aryl methyl sites for hydroxylation is 1. The molecule has 0 unspecified atom stereocenters. The van der Waals surface area contributed by atoms with E-state index in [0.717, 1.165) is 10.9 Å². The van der Waals surface area contributed by atoms with E-state index >= 15 is 0 Å². The average molecular weight is 354 g/mol. The fraction of sp³-hybridized carbons (Fsp3) is 0.188. The van der Waals surface area contributed by atoms with Crippen LogP contribution in [0.25, 0.3) is 10.9 Å². The molecule has 0 aliphatic carbocycles. The van der Waals surface area contributed by atoms with E-state index in [1.807, 2.05) is 42.1 Å². The van der Waals surface area contributed by atoms with Gasteiger partial charge in [-0.15, -0.1) is 10.2 Å². The van der Waals surface area contributed by atoms with Crippen molar-refractivity contribution in [1.82, 2.24) is 19.7 Å². The van der Waals surface area contributed by atoms with Crippen molar-refractivity contribution in [2.45, 2.75) is 13.0 Å². The third-order valence-electron chi connectivity index (χ3n) is 3.84. The topological polar surface area (TPSA) is 154 Å². The lowest BCUT2D eigenvalue weighted by atomic mass is 10.2. The number of carbonyl (C=O) groups excluding carboxylic acids is 2. The number of nitrogens with zero attached hydrogens (tertiary/aromatic N) is 4. The average Bonchev–Trinajstić information content (AvgIpc) is 2.95. The molecule has 2 aromatic heterocycles. The van der Waals surface area contributed by atoms with Crippen LogP contribution in [0.2, 0.25) is 0 Å². The van der Waals surface area contributed by atoms with Gasteiger partial charge in [0.1, 0.15) is 6.04 Å². The van der Waals surface area contributed by atoms with Gasteiger partial charge in [0.15, 0.2) is 11.5 Å². The minimum atomic E-state index is -0.776. The number of primary amides is 2. The lowest BCUT2D eigenvalue weighted by Crippen LogP contribution is -2.33. The number of benzene rings is 1. The summed E-state index contributed by atoms with van der Waals surface area (Å²) in [5.74, 6) is -1.18. The molecule has 10 nitrogen and oxygen atoms in total. The summed E-state index contributed by atoms with van der Waals surface area (Å²) in [5.41, 5.74) is 12.1. The molecular weight excluding hydrogens is 336 g/mol. The Morgan fingerprint density at radius 1 is 1.19 bits per heavy atom. The van der Waals surface area contributed by atoms with Crippen LogP contribution in [0, 0.1) is 0 Å². The van der Waals surface area contributed by atoms with Gasteiger partial charge in [0.05, 0.1) is 0 Å². The zero-order chi connectivity index (χ0) is 18.8. The van der Waals surface area contributed by atoms with Crippen molar-refractivity contribution in [3.05, 3.63) is 36.2 Å². The molecular formula is C16H18N8O2. The Morgan fingerprint density at radius 2 is 1.96 bits per heavy atom. The van der Waals surface area contributed by atoms with Crippen LogP contribution in [-0.4, -0.2) is 37.6 Å². The summed E-state index contributed by atoms with van der Waals surface area (Å²) >= 11 is 0. The summed E-state index contributed by atoms with van der Waals surface area (Å²) in [6.07, 6.45) is 1.95. The van der Waals surface area contributed by atoms with Crippen LogP contribution in [0.5, 0.6) is 0 Å². The first-order valence-electron chi connectivity index (χ1n) is 7.77. The molecule has 26 heavy (non-hydrogen) atoms. The molecule has 0 saturated heterocycles. The molecule has 10 heteroatoms. The van der Waals surface area contributed by atoms with E-state index in [1.54, 1.807) is 6.92 Å². The quantitative estimate of drug-likeness (QED) is 0.502. The SMILES string of the molecule is C[C@@H](Nc1nnc(C(N)=O)c(Nc2ccc3ccn(C)c3c2)n1)C(N)=O. The number of fused-ring (bicyclic) bond motifs is 1. The van der Waals surface area contributed by atoms with E-state index in [9.17, 15) is 9.59 Å². The Bertz CT molecular complexity index is 997. The van der Waals surface area contributed by atoms with E-state index in [4.69, 9.17) is 11.5 Å². The van der Waals surface area contributed by atoms with Gasteiger partial charge in [0.2, 0.25) is 11.9 Å². The van der Waals surface area contributed by atoms with Crippen molar-refractivity contribution < 1.29 is 9.59 Å². The molecule has 134 valence electrons. The normalized spacial score (nSPS) is 11.9. The molecule has 0 bridgehead atoms. The molecule has 0 aliphatic rings. The van der Waals surface area contributed by atoms with Gasteiger partial charge in [-0.2, -0.15) is 4.98 Å². The fourth-order valence-electron chi connectivity index (χ4n) is 2.38. The van der Waals surface area contributed by atoms with Crippen molar-refractivity contribution in [2.24, 2.45) is 18.5 Å². The second-order valence-corrected chi connectivity index (χ2v) is 5.79. The third-order valence-corrected chi connectivity index (χ3v) is 3.84. The van der Waals surface area contributed by atoms with E-state index in [2.05, 4.69) is 25.8 Å². The van der Waals surface area contributed by atoms with E-state index in [0.29, 0.717) is 5.69 Å². The molecule has 3 aromatic rings. The monoisotopic (exact) mass is 354 g/mol. The molecule has 2 amide bonds. The van der Waals surface area contributed by atoms with Crippen LogP contribution in [0.1, 0.15) is 17.4 Å². The van der Waals surface area contributed by atoms with Gasteiger partial charge < -0.3 is 26.7 Å². The fourth-order valence-corrected chi connectivity index (χ4v) is 2.38. The largest absolute Gasteiger partial charge is 0.368 e. The summed E-state index contributed by atoms with van der Waals surface area (Å²) in [4.78, 5) is 27.0. The van der Waals surface area contributed by atoms with Gasteiger partial charge >= 0.3 is 0 Å². The molecule has 1 aromatic carbocycles. The number of carbonyl (C=O) groups is 2. The maximum atomic E-state index is 11.6. The maximum absolute atomic E-state index is 11.6. The van der Waals surface area contributed by atoms with Crippen molar-refractivity contribution in [1.29, 1.82) is 0 Å².